The van der Waals surface area contributed by atoms with Crippen molar-refractivity contribution < 1.29 is 14.3 Å². The summed E-state index contributed by atoms with van der Waals surface area (Å²) in [5.41, 5.74) is 0.454. The second-order valence-electron chi connectivity index (χ2n) is 9.15. The van der Waals surface area contributed by atoms with E-state index in [-0.39, 0.29) is 23.6 Å². The van der Waals surface area contributed by atoms with E-state index in [4.69, 9.17) is 9.47 Å². The van der Waals surface area contributed by atoms with Gasteiger partial charge in [-0.05, 0) is 55.9 Å². The smallest absolute Gasteiger partial charge is 0.310 e. The minimum absolute atomic E-state index is 0.0317. The fourth-order valence-electron chi connectivity index (χ4n) is 5.72. The average molecular weight is 321 g/mol. The number of ether oxygens (including phenoxy) is 2. The molecule has 2 saturated carbocycles. The van der Waals surface area contributed by atoms with E-state index >= 15 is 0 Å². The molecule has 0 radical (unpaired) electrons. The van der Waals surface area contributed by atoms with Crippen LogP contribution in [0.3, 0.4) is 0 Å². The third kappa shape index (κ3) is 2.62. The lowest BCUT2D eigenvalue weighted by atomic mass is 9.53. The molecular weight excluding hydrogens is 290 g/mol. The van der Waals surface area contributed by atoms with Gasteiger partial charge in [0.05, 0.1) is 18.1 Å². The number of hydrogen-bond donors (Lipinski definition) is 1. The lowest BCUT2D eigenvalue weighted by Crippen LogP contribution is -2.51. The van der Waals surface area contributed by atoms with Crippen molar-refractivity contribution in [2.75, 3.05) is 19.7 Å². The van der Waals surface area contributed by atoms with Crippen molar-refractivity contribution in [3.8, 4) is 0 Å². The number of fused-ring (bicyclic) bond motifs is 3. The number of carbonyl (C=O) groups is 1. The van der Waals surface area contributed by atoms with Crippen LogP contribution in [-0.2, 0) is 14.3 Å². The minimum Gasteiger partial charge on any atom is -0.462 e. The number of carbonyl (C=O) groups excluding carboxylic acids is 1. The van der Waals surface area contributed by atoms with Crippen LogP contribution in [0, 0.1) is 29.1 Å². The van der Waals surface area contributed by atoms with Crippen LogP contribution in [0.25, 0.3) is 0 Å². The summed E-state index contributed by atoms with van der Waals surface area (Å²) >= 11 is 0. The Morgan fingerprint density at radius 3 is 2.83 bits per heavy atom. The molecule has 23 heavy (non-hydrogen) atoms. The molecule has 0 aromatic rings. The van der Waals surface area contributed by atoms with E-state index in [0.29, 0.717) is 23.2 Å². The van der Waals surface area contributed by atoms with Gasteiger partial charge in [0.15, 0.2) is 0 Å². The van der Waals surface area contributed by atoms with Crippen LogP contribution < -0.4 is 5.32 Å². The Hall–Kier alpha value is -0.610. The van der Waals surface area contributed by atoms with Crippen LogP contribution in [-0.4, -0.2) is 37.4 Å². The Bertz CT molecular complexity index is 487. The molecule has 1 unspecified atom stereocenters. The standard InChI is InChI=1S/C19H31NO3/c1-12(2)9-20-10-14-13-7-16-18(3,8-15(13)23-17(14)21)5-4-6-19(16)11-22-19/h12-16,20H,4-11H2,1-3H3/t13-,14?,15-,16-,18-,19+/m1/s1. The fourth-order valence-corrected chi connectivity index (χ4v) is 5.72. The van der Waals surface area contributed by atoms with Gasteiger partial charge in [-0.3, -0.25) is 4.79 Å². The summed E-state index contributed by atoms with van der Waals surface area (Å²) in [7, 11) is 0. The molecular formula is C19H31NO3. The molecule has 1 spiro atoms. The summed E-state index contributed by atoms with van der Waals surface area (Å²) in [5.74, 6) is 1.69. The Balaban J connectivity index is 1.49. The Kier molecular flexibility index (Phi) is 3.77. The summed E-state index contributed by atoms with van der Waals surface area (Å²) < 4.78 is 11.8. The van der Waals surface area contributed by atoms with Crippen molar-refractivity contribution >= 4 is 5.97 Å². The molecule has 4 nitrogen and oxygen atoms in total. The minimum atomic E-state index is 0.0317. The molecule has 0 bridgehead atoms. The highest BCUT2D eigenvalue weighted by atomic mass is 16.6. The summed E-state index contributed by atoms with van der Waals surface area (Å²) in [6.07, 6.45) is 6.04. The third-order valence-corrected chi connectivity index (χ3v) is 7.00. The van der Waals surface area contributed by atoms with E-state index in [9.17, 15) is 4.79 Å². The zero-order valence-corrected chi connectivity index (χ0v) is 14.8. The predicted octanol–water partition coefficient (Wildman–Crippen LogP) is 2.76. The molecule has 4 heteroatoms. The number of rotatable bonds is 4. The van der Waals surface area contributed by atoms with Gasteiger partial charge in [-0.15, -0.1) is 0 Å². The number of nitrogens with one attached hydrogen (secondary N) is 1. The monoisotopic (exact) mass is 321 g/mol. The van der Waals surface area contributed by atoms with Crippen LogP contribution in [0.5, 0.6) is 0 Å². The first-order valence-electron chi connectivity index (χ1n) is 9.49. The largest absolute Gasteiger partial charge is 0.462 e. The van der Waals surface area contributed by atoms with Crippen molar-refractivity contribution in [3.63, 3.8) is 0 Å². The zero-order valence-electron chi connectivity index (χ0n) is 14.8. The molecule has 2 saturated heterocycles. The molecule has 0 aromatic carbocycles. The second-order valence-corrected chi connectivity index (χ2v) is 9.15. The maximum atomic E-state index is 12.4. The second kappa shape index (κ2) is 5.45. The van der Waals surface area contributed by atoms with E-state index in [1.54, 1.807) is 0 Å². The molecule has 4 fully saturated rings. The van der Waals surface area contributed by atoms with Crippen LogP contribution in [0.1, 0.15) is 52.9 Å². The molecule has 2 aliphatic carbocycles. The topological polar surface area (TPSA) is 50.9 Å². The highest BCUT2D eigenvalue weighted by molar-refractivity contribution is 5.75. The highest BCUT2D eigenvalue weighted by Crippen LogP contribution is 2.62. The summed E-state index contributed by atoms with van der Waals surface area (Å²) in [6.45, 7) is 9.49. The van der Waals surface area contributed by atoms with Gasteiger partial charge in [-0.25, -0.2) is 0 Å². The number of esters is 1. The summed E-state index contributed by atoms with van der Waals surface area (Å²) in [4.78, 5) is 12.4. The summed E-state index contributed by atoms with van der Waals surface area (Å²) in [5, 5.41) is 3.48. The highest BCUT2D eigenvalue weighted by Gasteiger charge is 2.64. The Labute approximate surface area is 139 Å². The Morgan fingerprint density at radius 1 is 1.35 bits per heavy atom. The number of epoxide rings is 1. The van der Waals surface area contributed by atoms with Gasteiger partial charge >= 0.3 is 5.97 Å². The third-order valence-electron chi connectivity index (χ3n) is 7.00. The first-order chi connectivity index (χ1) is 10.9. The maximum Gasteiger partial charge on any atom is 0.310 e. The van der Waals surface area contributed by atoms with Crippen LogP contribution in [0.15, 0.2) is 0 Å². The lowest BCUT2D eigenvalue weighted by Gasteiger charge is -2.51. The number of hydrogen-bond acceptors (Lipinski definition) is 4. The molecule has 4 rings (SSSR count). The normalized spacial score (nSPS) is 48.3. The van der Waals surface area contributed by atoms with Crippen molar-refractivity contribution in [2.45, 2.75) is 64.6 Å². The van der Waals surface area contributed by atoms with Gasteiger partial charge in [0.25, 0.3) is 0 Å². The van der Waals surface area contributed by atoms with Gasteiger partial charge in [0.2, 0.25) is 0 Å². The molecule has 2 aliphatic heterocycles. The average Bonchev–Trinajstić information content (AvgIpc) is 3.17. The fraction of sp³-hybridized carbons (Fsp3) is 0.947. The van der Waals surface area contributed by atoms with Crippen molar-refractivity contribution in [1.29, 1.82) is 0 Å². The molecule has 4 aliphatic rings. The van der Waals surface area contributed by atoms with Crippen LogP contribution >= 0.6 is 0 Å². The molecule has 6 atom stereocenters. The molecule has 1 N–H and O–H groups in total. The molecule has 0 aromatic heterocycles. The first kappa shape index (κ1) is 15.9. The van der Waals surface area contributed by atoms with E-state index in [2.05, 4.69) is 26.1 Å². The SMILES string of the molecule is CC(C)CNCC1C(=O)O[C@@H]2C[C@@]3(C)CCC[C@]4(CO4)[C@@H]3C[C@H]12. The predicted molar refractivity (Wildman–Crippen MR) is 87.9 cm³/mol. The maximum absolute atomic E-state index is 12.4. The van der Waals surface area contributed by atoms with Gasteiger partial charge in [0.1, 0.15) is 6.10 Å². The van der Waals surface area contributed by atoms with Crippen LogP contribution in [0.4, 0.5) is 0 Å². The van der Waals surface area contributed by atoms with Gasteiger partial charge < -0.3 is 14.8 Å². The van der Waals surface area contributed by atoms with E-state index in [1.807, 2.05) is 0 Å². The van der Waals surface area contributed by atoms with E-state index in [1.165, 1.54) is 19.3 Å². The first-order valence-corrected chi connectivity index (χ1v) is 9.49. The van der Waals surface area contributed by atoms with Crippen LogP contribution in [0.2, 0.25) is 0 Å². The zero-order chi connectivity index (χ0) is 16.2. The van der Waals surface area contributed by atoms with Gasteiger partial charge in [-0.2, -0.15) is 0 Å². The quantitative estimate of drug-likeness (QED) is 0.639. The van der Waals surface area contributed by atoms with E-state index < -0.39 is 0 Å². The van der Waals surface area contributed by atoms with E-state index in [0.717, 1.165) is 32.5 Å². The molecule has 2 heterocycles. The van der Waals surface area contributed by atoms with Gasteiger partial charge in [-0.1, -0.05) is 20.8 Å². The van der Waals surface area contributed by atoms with Crippen molar-refractivity contribution in [2.24, 2.45) is 29.1 Å². The summed E-state index contributed by atoms with van der Waals surface area (Å²) in [6, 6.07) is 0. The van der Waals surface area contributed by atoms with Crippen molar-refractivity contribution in [1.82, 2.24) is 5.32 Å². The van der Waals surface area contributed by atoms with Gasteiger partial charge in [0, 0.05) is 12.5 Å². The lowest BCUT2D eigenvalue weighted by molar-refractivity contribution is -0.147. The molecule has 0 amide bonds. The van der Waals surface area contributed by atoms with Crippen molar-refractivity contribution in [3.05, 3.63) is 0 Å². The molecule has 130 valence electrons. The Morgan fingerprint density at radius 2 is 2.13 bits per heavy atom.